The number of ether oxygens (including phenoxy) is 2. The average molecular weight is 753 g/mol. The highest BCUT2D eigenvalue weighted by atomic mass is 127. The fourth-order valence-electron chi connectivity index (χ4n) is 7.68. The summed E-state index contributed by atoms with van der Waals surface area (Å²) in [5.74, 6) is 0.0571. The van der Waals surface area contributed by atoms with Gasteiger partial charge in [-0.2, -0.15) is 18.4 Å². The van der Waals surface area contributed by atoms with E-state index in [-0.39, 0.29) is 26.4 Å². The first-order chi connectivity index (χ1) is 20.9. The number of aromatic nitrogens is 1. The topological polar surface area (TPSA) is 64.4 Å². The van der Waals surface area contributed by atoms with Gasteiger partial charge in [0.2, 0.25) is 0 Å². The maximum absolute atomic E-state index is 13.8. The maximum atomic E-state index is 13.8. The van der Waals surface area contributed by atoms with Crippen molar-refractivity contribution in [3.63, 3.8) is 0 Å². The second-order valence-electron chi connectivity index (χ2n) is 15.5. The van der Waals surface area contributed by atoms with Crippen molar-refractivity contribution in [2.45, 2.75) is 125 Å². The standard InChI is InChI=1S/C35H44F3IN2O3Si/c1-20(2)30-28-29(27-24(41-30)16-33(11-8-12-33)17-25(27)44-45(6,7)32(3,4)5)34(13-14-42-19-26(34)39)43-31(28)21-9-10-23(35(36,37)38)22(15-21)18-40/h9-10,15,20,25-26,31H,8,11-14,16-17,19H2,1-7H3/t25-,26?,31+,34?/m0/s1. The molecule has 45 heavy (non-hydrogen) atoms. The van der Waals surface area contributed by atoms with Gasteiger partial charge in [-0.1, -0.05) is 69.7 Å². The third-order valence-electron chi connectivity index (χ3n) is 11.2. The molecule has 1 aromatic carbocycles. The number of pyridine rings is 1. The summed E-state index contributed by atoms with van der Waals surface area (Å²) in [6.07, 6.45) is 0.646. The Morgan fingerprint density at radius 2 is 1.84 bits per heavy atom. The van der Waals surface area contributed by atoms with Gasteiger partial charge in [0.05, 0.1) is 33.8 Å². The van der Waals surface area contributed by atoms with E-state index in [0.29, 0.717) is 25.2 Å². The third-order valence-corrected chi connectivity index (χ3v) is 17.1. The van der Waals surface area contributed by atoms with Gasteiger partial charge >= 0.3 is 6.18 Å². The van der Waals surface area contributed by atoms with Gasteiger partial charge in [-0.15, -0.1) is 0 Å². The first kappa shape index (κ1) is 33.4. The number of halogens is 4. The molecule has 0 N–H and O–H groups in total. The Hall–Kier alpha value is -1.52. The zero-order valence-electron chi connectivity index (χ0n) is 27.3. The summed E-state index contributed by atoms with van der Waals surface area (Å²) in [4.78, 5) is 5.46. The van der Waals surface area contributed by atoms with Crippen molar-refractivity contribution in [1.82, 2.24) is 4.98 Å². The van der Waals surface area contributed by atoms with Crippen LogP contribution in [-0.2, 0) is 32.1 Å². The summed E-state index contributed by atoms with van der Waals surface area (Å²) >= 11 is 2.44. The minimum atomic E-state index is -4.62. The highest BCUT2D eigenvalue weighted by Gasteiger charge is 2.58. The summed E-state index contributed by atoms with van der Waals surface area (Å²) in [6, 6.07) is 5.67. The predicted octanol–water partition coefficient (Wildman–Crippen LogP) is 9.81. The molecule has 244 valence electrons. The molecular weight excluding hydrogens is 708 g/mol. The minimum Gasteiger partial charge on any atom is -0.410 e. The Morgan fingerprint density at radius 3 is 2.40 bits per heavy atom. The van der Waals surface area contributed by atoms with E-state index in [4.69, 9.17) is 18.9 Å². The third kappa shape index (κ3) is 5.50. The van der Waals surface area contributed by atoms with Gasteiger partial charge in [0.1, 0.15) is 11.7 Å². The van der Waals surface area contributed by atoms with Gasteiger partial charge < -0.3 is 13.9 Å². The summed E-state index contributed by atoms with van der Waals surface area (Å²) in [6.45, 7) is 16.7. The molecule has 2 aromatic rings. The molecule has 2 aliphatic carbocycles. The number of hydrogen-bond acceptors (Lipinski definition) is 5. The molecule has 6 rings (SSSR count). The van der Waals surface area contributed by atoms with E-state index in [2.05, 4.69) is 70.3 Å². The molecule has 0 radical (unpaired) electrons. The fourth-order valence-corrected chi connectivity index (χ4v) is 9.97. The molecule has 4 aliphatic rings. The minimum absolute atomic E-state index is 0.0149. The predicted molar refractivity (Wildman–Crippen MR) is 178 cm³/mol. The summed E-state index contributed by atoms with van der Waals surface area (Å²) in [5.41, 5.74) is 3.95. The number of hydrogen-bond donors (Lipinski definition) is 0. The van der Waals surface area contributed by atoms with Crippen molar-refractivity contribution in [1.29, 1.82) is 5.26 Å². The quantitative estimate of drug-likeness (QED) is 0.177. The zero-order valence-corrected chi connectivity index (χ0v) is 30.5. The van der Waals surface area contributed by atoms with Crippen molar-refractivity contribution in [2.24, 2.45) is 5.41 Å². The van der Waals surface area contributed by atoms with Crippen LogP contribution in [0, 0.1) is 16.7 Å². The van der Waals surface area contributed by atoms with Crippen LogP contribution in [-0.4, -0.2) is 30.4 Å². The Balaban J connectivity index is 1.63. The van der Waals surface area contributed by atoms with Crippen molar-refractivity contribution in [2.75, 3.05) is 13.2 Å². The van der Waals surface area contributed by atoms with Gasteiger partial charge in [0.25, 0.3) is 0 Å². The second kappa shape index (κ2) is 11.3. The number of benzene rings is 1. The van der Waals surface area contributed by atoms with Crippen molar-refractivity contribution in [3.8, 4) is 6.07 Å². The van der Waals surface area contributed by atoms with Crippen LogP contribution in [0.1, 0.15) is 130 Å². The molecule has 2 fully saturated rings. The summed E-state index contributed by atoms with van der Waals surface area (Å²) < 4.78 is 62.0. The van der Waals surface area contributed by atoms with Crippen LogP contribution in [0.15, 0.2) is 18.2 Å². The molecule has 5 nitrogen and oxygen atoms in total. The van der Waals surface area contributed by atoms with E-state index < -0.39 is 37.3 Å². The molecule has 1 saturated carbocycles. The largest absolute Gasteiger partial charge is 0.417 e. The monoisotopic (exact) mass is 752 g/mol. The van der Waals surface area contributed by atoms with Crippen LogP contribution in [0.3, 0.4) is 0 Å². The van der Waals surface area contributed by atoms with E-state index in [9.17, 15) is 18.4 Å². The van der Waals surface area contributed by atoms with Crippen LogP contribution in [0.4, 0.5) is 13.2 Å². The van der Waals surface area contributed by atoms with E-state index in [1.165, 1.54) is 31.4 Å². The van der Waals surface area contributed by atoms with E-state index in [0.717, 1.165) is 47.0 Å². The molecule has 3 heterocycles. The van der Waals surface area contributed by atoms with E-state index >= 15 is 0 Å². The Kier molecular flexibility index (Phi) is 8.37. The van der Waals surface area contributed by atoms with Gasteiger partial charge in [0.15, 0.2) is 8.32 Å². The molecular formula is C35H44F3IN2O3Si. The van der Waals surface area contributed by atoms with Crippen LogP contribution < -0.4 is 0 Å². The highest BCUT2D eigenvalue weighted by molar-refractivity contribution is 14.1. The van der Waals surface area contributed by atoms with Crippen LogP contribution in [0.2, 0.25) is 18.1 Å². The Bertz CT molecular complexity index is 1540. The maximum Gasteiger partial charge on any atom is 0.417 e. The SMILES string of the molecule is CC(C)c1nc2c(c3c1[C@@H](c1ccc(C(F)(F)F)c(C#N)c1)OC31CCOCC1I)[C@@H](O[Si](C)(C)C(C)(C)C)CC1(CCC1)C2. The van der Waals surface area contributed by atoms with Gasteiger partial charge in [-0.05, 0) is 72.8 Å². The number of nitrogens with zero attached hydrogens (tertiary/aromatic N) is 2. The van der Waals surface area contributed by atoms with Crippen molar-refractivity contribution >= 4 is 30.9 Å². The molecule has 1 saturated heterocycles. The first-order valence-electron chi connectivity index (χ1n) is 16.2. The molecule has 2 aliphatic heterocycles. The molecule has 0 bridgehead atoms. The van der Waals surface area contributed by atoms with E-state index in [1.807, 2.05) is 0 Å². The highest BCUT2D eigenvalue weighted by Crippen LogP contribution is 2.62. The molecule has 0 amide bonds. The molecule has 4 atom stereocenters. The first-order valence-corrected chi connectivity index (χ1v) is 20.3. The van der Waals surface area contributed by atoms with Gasteiger partial charge in [-0.25, -0.2) is 0 Å². The molecule has 2 spiro atoms. The number of fused-ring (bicyclic) bond motifs is 4. The number of rotatable bonds is 4. The normalized spacial score (nSPS) is 27.8. The lowest BCUT2D eigenvalue weighted by Gasteiger charge is -2.51. The van der Waals surface area contributed by atoms with Crippen LogP contribution in [0.5, 0.6) is 0 Å². The van der Waals surface area contributed by atoms with Gasteiger partial charge in [0, 0.05) is 41.1 Å². The van der Waals surface area contributed by atoms with Crippen molar-refractivity contribution in [3.05, 3.63) is 63.0 Å². The van der Waals surface area contributed by atoms with Crippen molar-refractivity contribution < 1.29 is 27.1 Å². The number of alkyl halides is 4. The molecule has 1 aromatic heterocycles. The zero-order chi connectivity index (χ0) is 32.7. The second-order valence-corrected chi connectivity index (χ2v) is 21.8. The van der Waals surface area contributed by atoms with Crippen LogP contribution in [0.25, 0.3) is 0 Å². The Morgan fingerprint density at radius 1 is 1.13 bits per heavy atom. The smallest absolute Gasteiger partial charge is 0.410 e. The number of nitriles is 1. The summed E-state index contributed by atoms with van der Waals surface area (Å²) in [7, 11) is -2.21. The van der Waals surface area contributed by atoms with Crippen LogP contribution >= 0.6 is 22.6 Å². The van der Waals surface area contributed by atoms with Gasteiger partial charge in [-0.3, -0.25) is 4.98 Å². The lowest BCUT2D eigenvalue weighted by atomic mass is 9.58. The Labute approximate surface area is 279 Å². The lowest BCUT2D eigenvalue weighted by Crippen LogP contribution is -2.48. The average Bonchev–Trinajstić information content (AvgIpc) is 3.27. The van der Waals surface area contributed by atoms with E-state index in [1.54, 1.807) is 6.07 Å². The molecule has 10 heteroatoms. The fraction of sp³-hybridized carbons (Fsp3) is 0.657. The summed E-state index contributed by atoms with van der Waals surface area (Å²) in [5, 5.41) is 9.80. The molecule has 2 unspecified atom stereocenters. The lowest BCUT2D eigenvalue weighted by molar-refractivity contribution is -0.137.